The molecule has 0 unspecified atom stereocenters. The van der Waals surface area contributed by atoms with Crippen molar-refractivity contribution < 1.29 is 24.3 Å². The van der Waals surface area contributed by atoms with Gasteiger partial charge in [0, 0.05) is 17.2 Å². The zero-order valence-electron chi connectivity index (χ0n) is 14.4. The molecule has 3 aromatic rings. The minimum absolute atomic E-state index is 0.00258. The molecule has 8 heteroatoms. The summed E-state index contributed by atoms with van der Waals surface area (Å²) in [6.45, 7) is 0.00258. The van der Waals surface area contributed by atoms with E-state index >= 15 is 0 Å². The summed E-state index contributed by atoms with van der Waals surface area (Å²) >= 11 is 5.82. The van der Waals surface area contributed by atoms with Crippen molar-refractivity contribution in [3.8, 4) is 17.2 Å². The molecule has 7 nitrogen and oxygen atoms in total. The maximum Gasteiger partial charge on any atom is 0.342 e. The monoisotopic (exact) mass is 399 g/mol. The van der Waals surface area contributed by atoms with Crippen molar-refractivity contribution in [1.82, 2.24) is 0 Å². The lowest BCUT2D eigenvalue weighted by molar-refractivity contribution is -0.384. The van der Waals surface area contributed by atoms with Gasteiger partial charge in [-0.3, -0.25) is 10.1 Å². The maximum atomic E-state index is 12.1. The molecule has 0 atom stereocenters. The molecule has 0 radical (unpaired) electrons. The molecule has 0 heterocycles. The highest BCUT2D eigenvalue weighted by Crippen LogP contribution is 2.25. The summed E-state index contributed by atoms with van der Waals surface area (Å²) in [5, 5.41) is 20.7. The predicted molar refractivity (Wildman–Crippen MR) is 102 cm³/mol. The Labute approximate surface area is 164 Å². The van der Waals surface area contributed by atoms with E-state index < -0.39 is 10.9 Å². The van der Waals surface area contributed by atoms with Crippen molar-refractivity contribution in [3.63, 3.8) is 0 Å². The smallest absolute Gasteiger partial charge is 0.342 e. The molecular weight excluding hydrogens is 386 g/mol. The second-order valence-electron chi connectivity index (χ2n) is 5.73. The normalized spacial score (nSPS) is 10.3. The Bertz CT molecular complexity index is 1000. The first-order chi connectivity index (χ1) is 13.4. The van der Waals surface area contributed by atoms with Crippen LogP contribution in [0.3, 0.4) is 0 Å². The molecule has 142 valence electrons. The van der Waals surface area contributed by atoms with Gasteiger partial charge in [-0.1, -0.05) is 23.7 Å². The lowest BCUT2D eigenvalue weighted by Gasteiger charge is -2.08. The number of non-ortho nitro benzene ring substituents is 1. The predicted octanol–water partition coefficient (Wildman–Crippen LogP) is 5.10. The van der Waals surface area contributed by atoms with Gasteiger partial charge in [-0.2, -0.15) is 0 Å². The third-order valence-electron chi connectivity index (χ3n) is 3.76. The molecule has 0 saturated carbocycles. The Hall–Kier alpha value is -3.58. The fraction of sp³-hybridized carbons (Fsp3) is 0.0500. The van der Waals surface area contributed by atoms with E-state index in [1.54, 1.807) is 24.3 Å². The summed E-state index contributed by atoms with van der Waals surface area (Å²) < 4.78 is 10.8. The van der Waals surface area contributed by atoms with Crippen LogP contribution >= 0.6 is 11.6 Å². The van der Waals surface area contributed by atoms with Crippen molar-refractivity contribution in [2.75, 3.05) is 0 Å². The number of esters is 1. The summed E-state index contributed by atoms with van der Waals surface area (Å²) in [4.78, 5) is 22.2. The summed E-state index contributed by atoms with van der Waals surface area (Å²) in [6.07, 6.45) is 0. The van der Waals surface area contributed by atoms with Gasteiger partial charge in [-0.25, -0.2) is 4.79 Å². The Morgan fingerprint density at radius 2 is 1.61 bits per heavy atom. The number of benzene rings is 3. The van der Waals surface area contributed by atoms with E-state index in [4.69, 9.17) is 21.1 Å². The van der Waals surface area contributed by atoms with Gasteiger partial charge >= 0.3 is 5.97 Å². The second-order valence-corrected chi connectivity index (χ2v) is 6.17. The van der Waals surface area contributed by atoms with Gasteiger partial charge in [0.05, 0.1) is 4.92 Å². The van der Waals surface area contributed by atoms with Gasteiger partial charge in [0.15, 0.2) is 0 Å². The van der Waals surface area contributed by atoms with Crippen molar-refractivity contribution >= 4 is 23.3 Å². The third kappa shape index (κ3) is 4.77. The standard InChI is InChI=1S/C20H14ClNO6/c21-14-3-10-19(23)18(11-14)20(24)27-12-13-1-6-16(7-2-13)28-17-8-4-15(5-9-17)22(25)26/h1-11,23H,12H2. The number of phenolic OH excluding ortho intramolecular Hbond substituents is 1. The van der Waals surface area contributed by atoms with E-state index in [1.165, 1.54) is 42.5 Å². The molecule has 0 aromatic heterocycles. The summed E-state index contributed by atoms with van der Waals surface area (Å²) in [7, 11) is 0. The first-order valence-corrected chi connectivity index (χ1v) is 8.47. The van der Waals surface area contributed by atoms with Crippen LogP contribution in [0.5, 0.6) is 17.2 Å². The summed E-state index contributed by atoms with van der Waals surface area (Å²) in [6, 6.07) is 16.6. The van der Waals surface area contributed by atoms with E-state index in [0.29, 0.717) is 22.1 Å². The molecule has 0 aliphatic heterocycles. The molecule has 1 N–H and O–H groups in total. The number of halogens is 1. The first kappa shape index (κ1) is 19.2. The number of hydrogen-bond acceptors (Lipinski definition) is 6. The minimum Gasteiger partial charge on any atom is -0.507 e. The SMILES string of the molecule is O=C(OCc1ccc(Oc2ccc([N+](=O)[O-])cc2)cc1)c1cc(Cl)ccc1O. The molecule has 0 spiro atoms. The second kappa shape index (κ2) is 8.41. The van der Waals surface area contributed by atoms with E-state index in [0.717, 1.165) is 0 Å². The number of nitrogens with zero attached hydrogens (tertiary/aromatic N) is 1. The zero-order valence-corrected chi connectivity index (χ0v) is 15.1. The number of phenols is 1. The Kier molecular flexibility index (Phi) is 5.76. The number of nitro benzene ring substituents is 1. The van der Waals surface area contributed by atoms with Gasteiger partial charge in [-0.05, 0) is 48.0 Å². The van der Waals surface area contributed by atoms with Crippen molar-refractivity contribution in [2.24, 2.45) is 0 Å². The third-order valence-corrected chi connectivity index (χ3v) is 3.99. The van der Waals surface area contributed by atoms with Crippen LogP contribution in [-0.2, 0) is 11.3 Å². The molecule has 28 heavy (non-hydrogen) atoms. The van der Waals surface area contributed by atoms with Crippen molar-refractivity contribution in [3.05, 3.63) is 93.0 Å². The number of nitro groups is 1. The van der Waals surface area contributed by atoms with E-state index in [9.17, 15) is 20.0 Å². The summed E-state index contributed by atoms with van der Waals surface area (Å²) in [5.41, 5.74) is 0.687. The largest absolute Gasteiger partial charge is 0.507 e. The van der Waals surface area contributed by atoms with Gasteiger partial charge < -0.3 is 14.6 Å². The van der Waals surface area contributed by atoms with Gasteiger partial charge in [-0.15, -0.1) is 0 Å². The lowest BCUT2D eigenvalue weighted by Crippen LogP contribution is -2.05. The number of ether oxygens (including phenoxy) is 2. The average molecular weight is 400 g/mol. The lowest BCUT2D eigenvalue weighted by atomic mass is 10.2. The molecule has 0 amide bonds. The van der Waals surface area contributed by atoms with Gasteiger partial charge in [0.1, 0.15) is 29.4 Å². The Balaban J connectivity index is 1.59. The molecule has 0 aliphatic rings. The van der Waals surface area contributed by atoms with Crippen LogP contribution in [0.2, 0.25) is 5.02 Å². The maximum absolute atomic E-state index is 12.1. The Morgan fingerprint density at radius 3 is 2.21 bits per heavy atom. The van der Waals surface area contributed by atoms with Crippen LogP contribution in [0.4, 0.5) is 5.69 Å². The minimum atomic E-state index is -0.689. The van der Waals surface area contributed by atoms with Crippen molar-refractivity contribution in [2.45, 2.75) is 6.61 Å². The molecule has 3 rings (SSSR count). The molecular formula is C20H14ClNO6. The number of carbonyl (C=O) groups excluding carboxylic acids is 1. The number of aromatic hydroxyl groups is 1. The van der Waals surface area contributed by atoms with E-state index in [-0.39, 0.29) is 23.6 Å². The Morgan fingerprint density at radius 1 is 1.00 bits per heavy atom. The van der Waals surface area contributed by atoms with E-state index in [2.05, 4.69) is 0 Å². The highest BCUT2D eigenvalue weighted by molar-refractivity contribution is 6.31. The van der Waals surface area contributed by atoms with Crippen molar-refractivity contribution in [1.29, 1.82) is 0 Å². The average Bonchev–Trinajstić information content (AvgIpc) is 2.69. The fourth-order valence-corrected chi connectivity index (χ4v) is 2.50. The molecule has 0 fully saturated rings. The molecule has 0 bridgehead atoms. The zero-order chi connectivity index (χ0) is 20.1. The highest BCUT2D eigenvalue weighted by atomic mass is 35.5. The summed E-state index contributed by atoms with van der Waals surface area (Å²) in [5.74, 6) is 0.0880. The number of hydrogen-bond donors (Lipinski definition) is 1. The quantitative estimate of drug-likeness (QED) is 0.351. The van der Waals surface area contributed by atoms with Gasteiger partial charge in [0.2, 0.25) is 0 Å². The topological polar surface area (TPSA) is 98.9 Å². The molecule has 0 aliphatic carbocycles. The van der Waals surface area contributed by atoms with Crippen LogP contribution < -0.4 is 4.74 Å². The number of carbonyl (C=O) groups is 1. The first-order valence-electron chi connectivity index (χ1n) is 8.09. The van der Waals surface area contributed by atoms with Crippen LogP contribution in [0, 0.1) is 10.1 Å². The molecule has 0 saturated heterocycles. The van der Waals surface area contributed by atoms with Crippen LogP contribution in [-0.4, -0.2) is 16.0 Å². The van der Waals surface area contributed by atoms with E-state index in [1.807, 2.05) is 0 Å². The fourth-order valence-electron chi connectivity index (χ4n) is 2.32. The number of rotatable bonds is 6. The van der Waals surface area contributed by atoms with Crippen LogP contribution in [0.25, 0.3) is 0 Å². The van der Waals surface area contributed by atoms with Crippen LogP contribution in [0.1, 0.15) is 15.9 Å². The van der Waals surface area contributed by atoms with Gasteiger partial charge in [0.25, 0.3) is 5.69 Å². The highest BCUT2D eigenvalue weighted by Gasteiger charge is 2.13. The van der Waals surface area contributed by atoms with Crippen LogP contribution in [0.15, 0.2) is 66.7 Å². The molecule has 3 aromatic carbocycles.